The second kappa shape index (κ2) is 6.41. The summed E-state index contributed by atoms with van der Waals surface area (Å²) in [6, 6.07) is 0. The lowest BCUT2D eigenvalue weighted by atomic mass is 9.99. The predicted molar refractivity (Wildman–Crippen MR) is 64.5 cm³/mol. The van der Waals surface area contributed by atoms with Gasteiger partial charge in [-0.3, -0.25) is 0 Å². The summed E-state index contributed by atoms with van der Waals surface area (Å²) in [4.78, 5) is 2.47. The van der Waals surface area contributed by atoms with E-state index >= 15 is 0 Å². The SMILES string of the molecule is CCC(C)CN(CC)CC(C)(N)CC. The van der Waals surface area contributed by atoms with Gasteiger partial charge < -0.3 is 10.6 Å². The number of hydrogen-bond acceptors (Lipinski definition) is 2. The molecule has 0 saturated heterocycles. The molecular weight excluding hydrogens is 172 g/mol. The Balaban J connectivity index is 4.02. The molecule has 2 unspecified atom stereocenters. The normalized spacial score (nSPS) is 18.2. The Morgan fingerprint density at radius 1 is 1.29 bits per heavy atom. The van der Waals surface area contributed by atoms with Crippen molar-refractivity contribution in [3.05, 3.63) is 0 Å². The molecule has 0 aromatic carbocycles. The van der Waals surface area contributed by atoms with Crippen LogP contribution in [0.5, 0.6) is 0 Å². The molecule has 0 saturated carbocycles. The first-order valence-corrected chi connectivity index (χ1v) is 5.96. The average Bonchev–Trinajstić information content (AvgIpc) is 2.16. The summed E-state index contributed by atoms with van der Waals surface area (Å²) in [6.45, 7) is 14.4. The third-order valence-electron chi connectivity index (χ3n) is 3.11. The highest BCUT2D eigenvalue weighted by Gasteiger charge is 2.19. The van der Waals surface area contributed by atoms with Crippen LogP contribution >= 0.6 is 0 Å². The molecule has 0 bridgehead atoms. The van der Waals surface area contributed by atoms with Gasteiger partial charge in [0.05, 0.1) is 0 Å². The molecule has 0 aliphatic rings. The van der Waals surface area contributed by atoms with E-state index in [-0.39, 0.29) is 5.54 Å². The number of likely N-dealkylation sites (N-methyl/N-ethyl adjacent to an activating group) is 1. The van der Waals surface area contributed by atoms with Crippen molar-refractivity contribution in [2.45, 2.75) is 53.0 Å². The van der Waals surface area contributed by atoms with Crippen LogP contribution in [0.1, 0.15) is 47.5 Å². The maximum Gasteiger partial charge on any atom is 0.0252 e. The summed E-state index contributed by atoms with van der Waals surface area (Å²) < 4.78 is 0. The highest BCUT2D eigenvalue weighted by atomic mass is 15.1. The van der Waals surface area contributed by atoms with E-state index in [4.69, 9.17) is 5.73 Å². The van der Waals surface area contributed by atoms with Gasteiger partial charge in [-0.25, -0.2) is 0 Å². The van der Waals surface area contributed by atoms with Crippen molar-refractivity contribution >= 4 is 0 Å². The minimum Gasteiger partial charge on any atom is -0.324 e. The van der Waals surface area contributed by atoms with E-state index in [2.05, 4.69) is 39.5 Å². The molecule has 0 aliphatic carbocycles. The lowest BCUT2D eigenvalue weighted by Gasteiger charge is -2.32. The molecule has 0 spiro atoms. The van der Waals surface area contributed by atoms with Crippen molar-refractivity contribution in [3.63, 3.8) is 0 Å². The lowest BCUT2D eigenvalue weighted by Crippen LogP contribution is -2.48. The Bertz CT molecular complexity index is 143. The summed E-state index contributed by atoms with van der Waals surface area (Å²) >= 11 is 0. The number of nitrogens with two attached hydrogens (primary N) is 1. The molecule has 0 aromatic heterocycles. The van der Waals surface area contributed by atoms with Crippen molar-refractivity contribution in [2.75, 3.05) is 19.6 Å². The van der Waals surface area contributed by atoms with Crippen LogP contribution in [0.3, 0.4) is 0 Å². The zero-order chi connectivity index (χ0) is 11.2. The van der Waals surface area contributed by atoms with Gasteiger partial charge in [0.25, 0.3) is 0 Å². The molecule has 0 amide bonds. The minimum atomic E-state index is -0.0243. The van der Waals surface area contributed by atoms with Crippen LogP contribution in [0.25, 0.3) is 0 Å². The van der Waals surface area contributed by atoms with E-state index in [1.807, 2.05) is 0 Å². The Kier molecular flexibility index (Phi) is 6.38. The van der Waals surface area contributed by atoms with Crippen LogP contribution in [0.4, 0.5) is 0 Å². The van der Waals surface area contributed by atoms with Crippen LogP contribution in [0, 0.1) is 5.92 Å². The standard InChI is InChI=1S/C12H28N2/c1-6-11(4)9-14(8-3)10-12(5,13)7-2/h11H,6-10,13H2,1-5H3. The molecule has 0 aromatic rings. The van der Waals surface area contributed by atoms with Gasteiger partial charge in [-0.1, -0.05) is 34.1 Å². The van der Waals surface area contributed by atoms with Crippen molar-refractivity contribution in [2.24, 2.45) is 11.7 Å². The topological polar surface area (TPSA) is 29.3 Å². The van der Waals surface area contributed by atoms with Gasteiger partial charge in [-0.05, 0) is 25.8 Å². The zero-order valence-corrected chi connectivity index (χ0v) is 10.6. The Hall–Kier alpha value is -0.0800. The van der Waals surface area contributed by atoms with E-state index in [0.29, 0.717) is 0 Å². The van der Waals surface area contributed by atoms with Crippen LogP contribution in [0.15, 0.2) is 0 Å². The molecule has 0 rings (SSSR count). The number of rotatable bonds is 7. The molecule has 2 N–H and O–H groups in total. The average molecular weight is 200 g/mol. The molecule has 2 heteroatoms. The maximum atomic E-state index is 6.17. The summed E-state index contributed by atoms with van der Waals surface area (Å²) in [5, 5.41) is 0. The molecule has 86 valence electrons. The van der Waals surface area contributed by atoms with Crippen LogP contribution < -0.4 is 5.73 Å². The van der Waals surface area contributed by atoms with Gasteiger partial charge >= 0.3 is 0 Å². The monoisotopic (exact) mass is 200 g/mol. The molecule has 14 heavy (non-hydrogen) atoms. The van der Waals surface area contributed by atoms with Crippen LogP contribution in [0.2, 0.25) is 0 Å². The number of nitrogens with zero attached hydrogens (tertiary/aromatic N) is 1. The van der Waals surface area contributed by atoms with E-state index in [1.54, 1.807) is 0 Å². The highest BCUT2D eigenvalue weighted by molar-refractivity contribution is 4.81. The van der Waals surface area contributed by atoms with E-state index < -0.39 is 0 Å². The third kappa shape index (κ3) is 5.61. The van der Waals surface area contributed by atoms with Gasteiger partial charge in [-0.15, -0.1) is 0 Å². The minimum absolute atomic E-state index is 0.0243. The smallest absolute Gasteiger partial charge is 0.0252 e. The molecule has 0 heterocycles. The first-order valence-electron chi connectivity index (χ1n) is 5.96. The van der Waals surface area contributed by atoms with Crippen molar-refractivity contribution in [1.82, 2.24) is 4.90 Å². The van der Waals surface area contributed by atoms with Gasteiger partial charge in [0.2, 0.25) is 0 Å². The predicted octanol–water partition coefficient (Wildman–Crippen LogP) is 2.48. The fourth-order valence-corrected chi connectivity index (χ4v) is 1.50. The number of hydrogen-bond donors (Lipinski definition) is 1. The van der Waals surface area contributed by atoms with Crippen LogP contribution in [-0.2, 0) is 0 Å². The fraction of sp³-hybridized carbons (Fsp3) is 1.00. The van der Waals surface area contributed by atoms with E-state index in [1.165, 1.54) is 13.0 Å². The van der Waals surface area contributed by atoms with Crippen molar-refractivity contribution < 1.29 is 0 Å². The summed E-state index contributed by atoms with van der Waals surface area (Å²) in [7, 11) is 0. The Morgan fingerprint density at radius 3 is 2.21 bits per heavy atom. The van der Waals surface area contributed by atoms with Crippen molar-refractivity contribution in [3.8, 4) is 0 Å². The van der Waals surface area contributed by atoms with Gasteiger partial charge in [0.15, 0.2) is 0 Å². The quantitative estimate of drug-likeness (QED) is 0.684. The van der Waals surface area contributed by atoms with Gasteiger partial charge in [-0.2, -0.15) is 0 Å². The first kappa shape index (κ1) is 13.9. The van der Waals surface area contributed by atoms with Gasteiger partial charge in [0.1, 0.15) is 0 Å². The third-order valence-corrected chi connectivity index (χ3v) is 3.11. The zero-order valence-electron chi connectivity index (χ0n) is 10.6. The molecule has 0 radical (unpaired) electrons. The second-order valence-electron chi connectivity index (χ2n) is 4.85. The largest absolute Gasteiger partial charge is 0.324 e. The maximum absolute atomic E-state index is 6.17. The fourth-order valence-electron chi connectivity index (χ4n) is 1.50. The molecule has 0 aliphatic heterocycles. The summed E-state index contributed by atoms with van der Waals surface area (Å²) in [5.74, 6) is 0.780. The van der Waals surface area contributed by atoms with Crippen LogP contribution in [-0.4, -0.2) is 30.1 Å². The second-order valence-corrected chi connectivity index (χ2v) is 4.85. The van der Waals surface area contributed by atoms with Gasteiger partial charge in [0, 0.05) is 18.6 Å². The molecule has 2 nitrogen and oxygen atoms in total. The van der Waals surface area contributed by atoms with Crippen molar-refractivity contribution in [1.29, 1.82) is 0 Å². The summed E-state index contributed by atoms with van der Waals surface area (Å²) in [5.41, 5.74) is 6.14. The lowest BCUT2D eigenvalue weighted by molar-refractivity contribution is 0.195. The highest BCUT2D eigenvalue weighted by Crippen LogP contribution is 2.10. The Labute approximate surface area is 89.9 Å². The summed E-state index contributed by atoms with van der Waals surface area (Å²) in [6.07, 6.45) is 2.30. The Morgan fingerprint density at radius 2 is 1.86 bits per heavy atom. The molecular formula is C12H28N2. The molecule has 0 fully saturated rings. The van der Waals surface area contributed by atoms with E-state index in [9.17, 15) is 0 Å². The first-order chi connectivity index (χ1) is 6.45. The molecule has 2 atom stereocenters. The van der Waals surface area contributed by atoms with E-state index in [0.717, 1.165) is 25.4 Å².